The van der Waals surface area contributed by atoms with Crippen molar-refractivity contribution in [1.29, 1.82) is 0 Å². The molecule has 1 amide bonds. The number of hydrazone groups is 1. The molecule has 1 aliphatic heterocycles. The van der Waals surface area contributed by atoms with Crippen LogP contribution in [0.25, 0.3) is 10.9 Å². The number of amides is 1. The molecular weight excluding hydrogens is 432 g/mol. The molecule has 0 N–H and O–H groups in total. The lowest BCUT2D eigenvalue weighted by molar-refractivity contribution is -0.130. The molecule has 0 aliphatic carbocycles. The molecule has 1 aliphatic rings. The van der Waals surface area contributed by atoms with E-state index in [9.17, 15) is 9.59 Å². The minimum absolute atomic E-state index is 0.120. The Balaban J connectivity index is 1.40. The summed E-state index contributed by atoms with van der Waals surface area (Å²) in [6.07, 6.45) is 2.20. The first-order chi connectivity index (χ1) is 15.1. The summed E-state index contributed by atoms with van der Waals surface area (Å²) in [7, 11) is 1.67. The van der Waals surface area contributed by atoms with Crippen molar-refractivity contribution in [3.05, 3.63) is 81.2 Å². The Labute approximate surface area is 186 Å². The predicted molar refractivity (Wildman–Crippen MR) is 121 cm³/mol. The van der Waals surface area contributed by atoms with Crippen LogP contribution >= 0.6 is 23.1 Å². The van der Waals surface area contributed by atoms with E-state index in [1.807, 2.05) is 41.8 Å². The molecule has 31 heavy (non-hydrogen) atoms. The van der Waals surface area contributed by atoms with Crippen molar-refractivity contribution in [3.63, 3.8) is 0 Å². The minimum Gasteiger partial charge on any atom is -0.463 e. The van der Waals surface area contributed by atoms with E-state index in [0.717, 1.165) is 10.6 Å². The number of carbonyl (C=O) groups is 1. The number of para-hydroxylation sites is 1. The maximum Gasteiger partial charge on any atom is 0.261 e. The van der Waals surface area contributed by atoms with Gasteiger partial charge in [0.25, 0.3) is 11.5 Å². The molecule has 0 bridgehead atoms. The first-order valence-electron chi connectivity index (χ1n) is 9.67. The average molecular weight is 451 g/mol. The van der Waals surface area contributed by atoms with Gasteiger partial charge in [-0.3, -0.25) is 14.2 Å². The highest BCUT2D eigenvalue weighted by atomic mass is 32.2. The zero-order valence-corrected chi connectivity index (χ0v) is 18.2. The fourth-order valence-electron chi connectivity index (χ4n) is 3.55. The molecule has 1 aromatic carbocycles. The van der Waals surface area contributed by atoms with Crippen molar-refractivity contribution in [2.45, 2.75) is 17.6 Å². The van der Waals surface area contributed by atoms with Crippen LogP contribution in [0.4, 0.5) is 0 Å². The van der Waals surface area contributed by atoms with E-state index in [-0.39, 0.29) is 23.3 Å². The predicted octanol–water partition coefficient (Wildman–Crippen LogP) is 4.06. The molecule has 0 spiro atoms. The van der Waals surface area contributed by atoms with Gasteiger partial charge in [0.2, 0.25) is 0 Å². The number of benzene rings is 1. The standard InChI is InChI=1S/C22H18N4O3S2/c1-25-21(28)14-6-2-3-7-15(14)23-22(25)31-13-20(27)26-17(19-9-5-11-30-19)12-16(24-26)18-8-4-10-29-18/h2-11,17H,12-13H2,1H3/t17-/m0/s1. The maximum absolute atomic E-state index is 13.2. The van der Waals surface area contributed by atoms with Gasteiger partial charge in [-0.2, -0.15) is 5.10 Å². The molecule has 156 valence electrons. The minimum atomic E-state index is -0.165. The molecular formula is C22H18N4O3S2. The zero-order valence-electron chi connectivity index (χ0n) is 16.6. The topological polar surface area (TPSA) is 80.7 Å². The molecule has 0 fully saturated rings. The van der Waals surface area contributed by atoms with Crippen molar-refractivity contribution < 1.29 is 9.21 Å². The second-order valence-corrected chi connectivity index (χ2v) is 8.98. The highest BCUT2D eigenvalue weighted by molar-refractivity contribution is 7.99. The largest absolute Gasteiger partial charge is 0.463 e. The van der Waals surface area contributed by atoms with Crippen molar-refractivity contribution in [1.82, 2.24) is 14.6 Å². The van der Waals surface area contributed by atoms with Gasteiger partial charge < -0.3 is 4.42 Å². The third-order valence-corrected chi connectivity index (χ3v) is 7.10. The fraction of sp³-hybridized carbons (Fsp3) is 0.182. The fourth-order valence-corrected chi connectivity index (χ4v) is 5.19. The number of nitrogens with zero attached hydrogens (tertiary/aromatic N) is 4. The molecule has 0 radical (unpaired) electrons. The van der Waals surface area contributed by atoms with Crippen molar-refractivity contribution in [2.75, 3.05) is 5.75 Å². The second kappa shape index (κ2) is 8.16. The van der Waals surface area contributed by atoms with Gasteiger partial charge in [0.15, 0.2) is 5.16 Å². The Morgan fingerprint density at radius 3 is 2.87 bits per heavy atom. The third kappa shape index (κ3) is 3.70. The highest BCUT2D eigenvalue weighted by Gasteiger charge is 2.34. The van der Waals surface area contributed by atoms with Crippen LogP contribution in [0.15, 0.2) is 79.6 Å². The van der Waals surface area contributed by atoms with Gasteiger partial charge in [0.05, 0.1) is 29.0 Å². The van der Waals surface area contributed by atoms with Gasteiger partial charge in [-0.1, -0.05) is 30.0 Å². The summed E-state index contributed by atoms with van der Waals surface area (Å²) in [5, 5.41) is 9.17. The molecule has 0 saturated carbocycles. The van der Waals surface area contributed by atoms with E-state index in [4.69, 9.17) is 4.42 Å². The van der Waals surface area contributed by atoms with E-state index in [0.29, 0.717) is 28.2 Å². The molecule has 1 atom stereocenters. The molecule has 3 aromatic heterocycles. The summed E-state index contributed by atoms with van der Waals surface area (Å²) in [5.74, 6) is 0.644. The summed E-state index contributed by atoms with van der Waals surface area (Å²) < 4.78 is 6.98. The lowest BCUT2D eigenvalue weighted by Crippen LogP contribution is -2.28. The van der Waals surface area contributed by atoms with Gasteiger partial charge in [-0.25, -0.2) is 9.99 Å². The van der Waals surface area contributed by atoms with E-state index in [2.05, 4.69) is 10.1 Å². The van der Waals surface area contributed by atoms with Crippen LogP contribution in [-0.2, 0) is 11.8 Å². The SMILES string of the molecule is Cn1c(SCC(=O)N2N=C(c3ccco3)C[C@H]2c2cccs2)nc2ccccc2c1=O. The number of hydrogen-bond donors (Lipinski definition) is 0. The summed E-state index contributed by atoms with van der Waals surface area (Å²) in [6, 6.07) is 14.7. The number of thioether (sulfide) groups is 1. The first-order valence-corrected chi connectivity index (χ1v) is 11.5. The highest BCUT2D eigenvalue weighted by Crippen LogP contribution is 2.35. The lowest BCUT2D eigenvalue weighted by Gasteiger charge is -2.20. The summed E-state index contributed by atoms with van der Waals surface area (Å²) in [4.78, 5) is 31.4. The number of carbonyl (C=O) groups excluding carboxylic acids is 1. The van der Waals surface area contributed by atoms with E-state index < -0.39 is 0 Å². The van der Waals surface area contributed by atoms with Crippen molar-refractivity contribution in [3.8, 4) is 0 Å². The Hall–Kier alpha value is -3.17. The Kier molecular flexibility index (Phi) is 5.21. The Bertz CT molecular complexity index is 1330. The average Bonchev–Trinajstić information content (AvgIpc) is 3.55. The van der Waals surface area contributed by atoms with E-state index in [1.165, 1.54) is 21.3 Å². The van der Waals surface area contributed by atoms with Crippen LogP contribution in [0.1, 0.15) is 23.1 Å². The van der Waals surface area contributed by atoms with Crippen LogP contribution < -0.4 is 5.56 Å². The number of hydrogen-bond acceptors (Lipinski definition) is 7. The first kappa shape index (κ1) is 19.8. The smallest absolute Gasteiger partial charge is 0.261 e. The molecule has 0 saturated heterocycles. The normalized spacial score (nSPS) is 16.1. The molecule has 0 unspecified atom stereocenters. The van der Waals surface area contributed by atoms with Crippen LogP contribution in [0.3, 0.4) is 0 Å². The molecule has 5 rings (SSSR count). The lowest BCUT2D eigenvalue weighted by atomic mass is 10.1. The summed E-state index contributed by atoms with van der Waals surface area (Å²) >= 11 is 2.84. The summed E-state index contributed by atoms with van der Waals surface area (Å²) in [6.45, 7) is 0. The number of aromatic nitrogens is 2. The van der Waals surface area contributed by atoms with Crippen LogP contribution in [0, 0.1) is 0 Å². The van der Waals surface area contributed by atoms with Gasteiger partial charge in [-0.05, 0) is 35.7 Å². The van der Waals surface area contributed by atoms with Crippen molar-refractivity contribution >= 4 is 45.6 Å². The van der Waals surface area contributed by atoms with Crippen LogP contribution in [0.2, 0.25) is 0 Å². The van der Waals surface area contributed by atoms with E-state index in [1.54, 1.807) is 36.8 Å². The quantitative estimate of drug-likeness (QED) is 0.338. The van der Waals surface area contributed by atoms with Crippen molar-refractivity contribution in [2.24, 2.45) is 12.1 Å². The Morgan fingerprint density at radius 2 is 2.10 bits per heavy atom. The molecule has 7 nitrogen and oxygen atoms in total. The van der Waals surface area contributed by atoms with Gasteiger partial charge in [-0.15, -0.1) is 11.3 Å². The number of rotatable bonds is 5. The van der Waals surface area contributed by atoms with E-state index >= 15 is 0 Å². The number of thiophene rings is 1. The second-order valence-electron chi connectivity index (χ2n) is 7.06. The van der Waals surface area contributed by atoms with Crippen LogP contribution in [0.5, 0.6) is 0 Å². The maximum atomic E-state index is 13.2. The summed E-state index contributed by atoms with van der Waals surface area (Å²) in [5.41, 5.74) is 1.24. The molecule has 9 heteroatoms. The number of fused-ring (bicyclic) bond motifs is 1. The monoisotopic (exact) mass is 450 g/mol. The van der Waals surface area contributed by atoms with Gasteiger partial charge in [0.1, 0.15) is 11.5 Å². The molecule has 4 aromatic rings. The zero-order chi connectivity index (χ0) is 21.4. The van der Waals surface area contributed by atoms with Gasteiger partial charge >= 0.3 is 0 Å². The Morgan fingerprint density at radius 1 is 1.23 bits per heavy atom. The third-order valence-electron chi connectivity index (χ3n) is 5.11. The van der Waals surface area contributed by atoms with Crippen LogP contribution in [-0.4, -0.2) is 31.9 Å². The van der Waals surface area contributed by atoms with Gasteiger partial charge in [0, 0.05) is 18.3 Å². The molecule has 4 heterocycles. The number of furan rings is 1.